The molecule has 0 aromatic rings. The largest absolute Gasteiger partial charge is 0.550 e. The SMILES string of the molecule is CCCCCCCCCCCCCCC=C[N+](C)(C)CCC(=O)[O-]. The lowest BCUT2D eigenvalue weighted by Crippen LogP contribution is -2.37. The number of rotatable bonds is 17. The van der Waals surface area contributed by atoms with Crippen molar-refractivity contribution in [3.63, 3.8) is 0 Å². The van der Waals surface area contributed by atoms with Gasteiger partial charge in [-0.3, -0.25) is 0 Å². The van der Waals surface area contributed by atoms with Gasteiger partial charge in [-0.05, 0) is 18.9 Å². The number of carboxylic acids is 1. The molecule has 142 valence electrons. The van der Waals surface area contributed by atoms with E-state index in [2.05, 4.69) is 19.2 Å². The molecule has 0 saturated heterocycles. The van der Waals surface area contributed by atoms with Crippen LogP contribution in [-0.2, 0) is 4.79 Å². The van der Waals surface area contributed by atoms with Gasteiger partial charge in [0.15, 0.2) is 0 Å². The summed E-state index contributed by atoms with van der Waals surface area (Å²) in [6, 6.07) is 0. The lowest BCUT2D eigenvalue weighted by molar-refractivity contribution is -0.838. The summed E-state index contributed by atoms with van der Waals surface area (Å²) in [5.74, 6) is -0.962. The topological polar surface area (TPSA) is 40.1 Å². The first-order valence-electron chi connectivity index (χ1n) is 10.2. The Morgan fingerprint density at radius 2 is 1.29 bits per heavy atom. The van der Waals surface area contributed by atoms with Gasteiger partial charge in [-0.25, -0.2) is 0 Å². The number of allylic oxidation sites excluding steroid dienone is 1. The summed E-state index contributed by atoms with van der Waals surface area (Å²) < 4.78 is 0.617. The van der Waals surface area contributed by atoms with Gasteiger partial charge in [0.05, 0.1) is 26.8 Å². The number of unbranched alkanes of at least 4 members (excludes halogenated alkanes) is 12. The van der Waals surface area contributed by atoms with E-state index in [1.54, 1.807) is 0 Å². The summed E-state index contributed by atoms with van der Waals surface area (Å²) in [5, 5.41) is 10.5. The molecule has 0 atom stereocenters. The molecule has 0 N–H and O–H groups in total. The summed E-state index contributed by atoms with van der Waals surface area (Å²) >= 11 is 0. The second kappa shape index (κ2) is 15.7. The van der Waals surface area contributed by atoms with Crippen molar-refractivity contribution in [2.45, 2.75) is 96.8 Å². The molecule has 0 spiro atoms. The van der Waals surface area contributed by atoms with E-state index in [1.807, 2.05) is 14.1 Å². The van der Waals surface area contributed by atoms with Gasteiger partial charge in [-0.1, -0.05) is 77.6 Å². The molecule has 24 heavy (non-hydrogen) atoms. The Morgan fingerprint density at radius 1 is 0.833 bits per heavy atom. The van der Waals surface area contributed by atoms with E-state index >= 15 is 0 Å². The Morgan fingerprint density at radius 3 is 1.75 bits per heavy atom. The standard InChI is InChI=1S/C21H41NO2/c1-4-5-6-7-8-9-10-11-12-13-14-15-16-17-19-22(2,3)20-18-21(23)24/h17,19H,4-16,18,20H2,1-3H3. The maximum absolute atomic E-state index is 10.5. The summed E-state index contributed by atoms with van der Waals surface area (Å²) in [5.41, 5.74) is 0. The molecule has 0 amide bonds. The van der Waals surface area contributed by atoms with Crippen molar-refractivity contribution >= 4 is 5.97 Å². The predicted octanol–water partition coefficient (Wildman–Crippen LogP) is 4.81. The Labute approximate surface area is 150 Å². The molecule has 0 fully saturated rings. The van der Waals surface area contributed by atoms with E-state index in [0.29, 0.717) is 11.0 Å². The first-order valence-corrected chi connectivity index (χ1v) is 10.2. The summed E-state index contributed by atoms with van der Waals surface area (Å²) in [4.78, 5) is 10.5. The zero-order chi connectivity index (χ0) is 18.1. The van der Waals surface area contributed by atoms with E-state index in [4.69, 9.17) is 0 Å². The number of carbonyl (C=O) groups is 1. The van der Waals surface area contributed by atoms with Gasteiger partial charge >= 0.3 is 0 Å². The Hall–Kier alpha value is -0.830. The predicted molar refractivity (Wildman–Crippen MR) is 101 cm³/mol. The quantitative estimate of drug-likeness (QED) is 0.282. The van der Waals surface area contributed by atoms with Crippen molar-refractivity contribution < 1.29 is 14.4 Å². The number of aliphatic carboxylic acids is 1. The molecule has 0 heterocycles. The Kier molecular flexibility index (Phi) is 15.1. The maximum Gasteiger partial charge on any atom is 0.0913 e. The van der Waals surface area contributed by atoms with Crippen molar-refractivity contribution in [2.24, 2.45) is 0 Å². The molecule has 0 saturated carbocycles. The number of hydrogen-bond acceptors (Lipinski definition) is 2. The fourth-order valence-electron chi connectivity index (χ4n) is 2.92. The molecule has 0 aromatic heterocycles. The zero-order valence-electron chi connectivity index (χ0n) is 16.5. The van der Waals surface area contributed by atoms with Gasteiger partial charge in [0.25, 0.3) is 0 Å². The smallest absolute Gasteiger partial charge is 0.0913 e. The fraction of sp³-hybridized carbons (Fsp3) is 0.857. The third-order valence-electron chi connectivity index (χ3n) is 4.63. The van der Waals surface area contributed by atoms with E-state index in [-0.39, 0.29) is 6.42 Å². The summed E-state index contributed by atoms with van der Waals surface area (Å²) in [7, 11) is 4.06. The second-order valence-corrected chi connectivity index (χ2v) is 7.69. The van der Waals surface area contributed by atoms with Crippen LogP contribution in [0.25, 0.3) is 0 Å². The number of carboxylic acid groups (broad SMARTS) is 1. The minimum Gasteiger partial charge on any atom is -0.550 e. The van der Waals surface area contributed by atoms with Gasteiger partial charge in [-0.2, -0.15) is 0 Å². The van der Waals surface area contributed by atoms with Crippen molar-refractivity contribution in [3.05, 3.63) is 12.3 Å². The third-order valence-corrected chi connectivity index (χ3v) is 4.63. The van der Waals surface area contributed by atoms with Gasteiger partial charge in [-0.15, -0.1) is 0 Å². The molecular weight excluding hydrogens is 298 g/mol. The molecule has 0 unspecified atom stereocenters. The third kappa shape index (κ3) is 17.5. The molecule has 3 heteroatoms. The van der Waals surface area contributed by atoms with Crippen molar-refractivity contribution in [1.82, 2.24) is 0 Å². The van der Waals surface area contributed by atoms with Crippen LogP contribution in [0.2, 0.25) is 0 Å². The lowest BCUT2D eigenvalue weighted by atomic mass is 10.0. The van der Waals surface area contributed by atoms with Crippen LogP contribution in [0.15, 0.2) is 12.3 Å². The molecule has 0 rings (SSSR count). The average molecular weight is 340 g/mol. The Balaban J connectivity index is 3.35. The highest BCUT2D eigenvalue weighted by Gasteiger charge is 2.09. The van der Waals surface area contributed by atoms with Crippen LogP contribution >= 0.6 is 0 Å². The van der Waals surface area contributed by atoms with Gasteiger partial charge < -0.3 is 14.4 Å². The zero-order valence-corrected chi connectivity index (χ0v) is 16.5. The Bertz CT molecular complexity index is 324. The van der Waals surface area contributed by atoms with Crippen LogP contribution < -0.4 is 5.11 Å². The van der Waals surface area contributed by atoms with E-state index in [0.717, 1.165) is 6.42 Å². The van der Waals surface area contributed by atoms with Crippen molar-refractivity contribution in [1.29, 1.82) is 0 Å². The van der Waals surface area contributed by atoms with Crippen LogP contribution in [0.4, 0.5) is 0 Å². The second-order valence-electron chi connectivity index (χ2n) is 7.69. The monoisotopic (exact) mass is 339 g/mol. The summed E-state index contributed by atoms with van der Waals surface area (Å²) in [6.07, 6.45) is 22.1. The van der Waals surface area contributed by atoms with Crippen molar-refractivity contribution in [2.75, 3.05) is 20.6 Å². The van der Waals surface area contributed by atoms with Crippen LogP contribution in [0.5, 0.6) is 0 Å². The molecule has 3 nitrogen and oxygen atoms in total. The number of hydrogen-bond donors (Lipinski definition) is 0. The minimum atomic E-state index is -0.962. The van der Waals surface area contributed by atoms with Gasteiger partial charge in [0.1, 0.15) is 0 Å². The van der Waals surface area contributed by atoms with Crippen molar-refractivity contribution in [3.8, 4) is 0 Å². The molecule has 0 radical (unpaired) electrons. The van der Waals surface area contributed by atoms with Crippen LogP contribution in [-0.4, -0.2) is 31.1 Å². The average Bonchev–Trinajstić information content (AvgIpc) is 2.53. The molecule has 0 bridgehead atoms. The highest BCUT2D eigenvalue weighted by molar-refractivity contribution is 5.64. The molecule has 0 aliphatic heterocycles. The first kappa shape index (κ1) is 23.2. The van der Waals surface area contributed by atoms with Crippen LogP contribution in [0, 0.1) is 0 Å². The molecular formula is C21H41NO2. The van der Waals surface area contributed by atoms with Gasteiger partial charge in [0.2, 0.25) is 0 Å². The number of carbonyl (C=O) groups excluding carboxylic acids is 1. The van der Waals surface area contributed by atoms with E-state index in [9.17, 15) is 9.90 Å². The van der Waals surface area contributed by atoms with Crippen LogP contribution in [0.1, 0.15) is 96.8 Å². The maximum atomic E-state index is 10.5. The highest BCUT2D eigenvalue weighted by atomic mass is 16.4. The molecule has 0 aromatic carbocycles. The summed E-state index contributed by atoms with van der Waals surface area (Å²) in [6.45, 7) is 2.87. The van der Waals surface area contributed by atoms with Crippen LogP contribution in [0.3, 0.4) is 0 Å². The number of quaternary nitrogens is 1. The molecule has 0 aliphatic carbocycles. The minimum absolute atomic E-state index is 0.121. The molecule has 0 aliphatic rings. The first-order chi connectivity index (χ1) is 11.5. The lowest BCUT2D eigenvalue weighted by Gasteiger charge is -2.25. The van der Waals surface area contributed by atoms with E-state index in [1.165, 1.54) is 77.0 Å². The fourth-order valence-corrected chi connectivity index (χ4v) is 2.92. The normalized spacial score (nSPS) is 12.1. The van der Waals surface area contributed by atoms with E-state index < -0.39 is 5.97 Å². The number of nitrogens with zero attached hydrogens (tertiary/aromatic N) is 1. The highest BCUT2D eigenvalue weighted by Crippen LogP contribution is 2.12. The van der Waals surface area contributed by atoms with Gasteiger partial charge in [0, 0.05) is 12.4 Å².